The molecule has 0 saturated heterocycles. The maximum Gasteiger partial charge on any atom is 0.243 e. The maximum absolute atomic E-state index is 12.4. The third-order valence-electron chi connectivity index (χ3n) is 3.63. The zero-order valence-electron chi connectivity index (χ0n) is 13.8. The van der Waals surface area contributed by atoms with Crippen LogP contribution < -0.4 is 5.32 Å². The summed E-state index contributed by atoms with van der Waals surface area (Å²) < 4.78 is 26.1. The Bertz CT molecular complexity index is 578. The zero-order valence-corrected chi connectivity index (χ0v) is 14.6. The van der Waals surface area contributed by atoms with Crippen molar-refractivity contribution in [3.05, 3.63) is 24.3 Å². The molecule has 0 saturated carbocycles. The van der Waals surface area contributed by atoms with Gasteiger partial charge in [0.05, 0.1) is 4.90 Å². The Labute approximate surface area is 133 Å². The van der Waals surface area contributed by atoms with E-state index in [0.717, 1.165) is 12.8 Å². The van der Waals surface area contributed by atoms with E-state index in [1.165, 1.54) is 16.4 Å². The number of carbonyl (C=O) groups excluding carboxylic acids is 1. The van der Waals surface area contributed by atoms with E-state index >= 15 is 0 Å². The molecule has 1 rings (SSSR count). The number of amides is 1. The van der Waals surface area contributed by atoms with Gasteiger partial charge in [0.1, 0.15) is 0 Å². The number of nitrogens with one attached hydrogen (secondary N) is 1. The number of sulfonamides is 1. The predicted molar refractivity (Wildman–Crippen MR) is 89.3 cm³/mol. The smallest absolute Gasteiger partial charge is 0.243 e. The molecule has 0 bridgehead atoms. The van der Waals surface area contributed by atoms with Gasteiger partial charge >= 0.3 is 0 Å². The molecule has 0 heterocycles. The van der Waals surface area contributed by atoms with Crippen molar-refractivity contribution in [1.82, 2.24) is 4.31 Å². The molecule has 1 aromatic rings. The molecular formula is C16H26N2O3S. The van der Waals surface area contributed by atoms with Gasteiger partial charge in [-0.1, -0.05) is 34.1 Å². The minimum Gasteiger partial charge on any atom is -0.326 e. The summed E-state index contributed by atoms with van der Waals surface area (Å²) in [6.45, 7) is 8.42. The first kappa shape index (κ1) is 18.6. The lowest BCUT2D eigenvalue weighted by molar-refractivity contribution is -0.119. The van der Waals surface area contributed by atoms with E-state index in [4.69, 9.17) is 0 Å². The predicted octanol–water partition coefficient (Wildman–Crippen LogP) is 3.09. The number of benzene rings is 1. The fourth-order valence-electron chi connectivity index (χ4n) is 2.25. The van der Waals surface area contributed by atoms with Crippen LogP contribution >= 0.6 is 0 Å². The highest BCUT2D eigenvalue weighted by molar-refractivity contribution is 7.89. The topological polar surface area (TPSA) is 66.5 Å². The van der Waals surface area contributed by atoms with E-state index < -0.39 is 10.0 Å². The molecule has 0 fully saturated rings. The van der Waals surface area contributed by atoms with E-state index in [1.807, 2.05) is 27.7 Å². The third-order valence-corrected chi connectivity index (χ3v) is 5.70. The second-order valence-electron chi connectivity index (χ2n) is 5.29. The molecule has 1 aromatic carbocycles. The number of rotatable bonds is 8. The van der Waals surface area contributed by atoms with Crippen molar-refractivity contribution < 1.29 is 13.2 Å². The highest BCUT2D eigenvalue weighted by Crippen LogP contribution is 2.19. The van der Waals surface area contributed by atoms with Gasteiger partial charge in [0.15, 0.2) is 0 Å². The van der Waals surface area contributed by atoms with Crippen LogP contribution in [0.15, 0.2) is 29.2 Å². The number of hydrogen-bond acceptors (Lipinski definition) is 3. The van der Waals surface area contributed by atoms with Crippen molar-refractivity contribution in [2.24, 2.45) is 5.92 Å². The summed E-state index contributed by atoms with van der Waals surface area (Å²) in [4.78, 5) is 12.2. The molecule has 1 N–H and O–H groups in total. The van der Waals surface area contributed by atoms with Gasteiger partial charge in [0, 0.05) is 24.7 Å². The molecule has 5 nitrogen and oxygen atoms in total. The first-order valence-corrected chi connectivity index (χ1v) is 9.21. The van der Waals surface area contributed by atoms with Crippen molar-refractivity contribution in [2.75, 3.05) is 18.4 Å². The Morgan fingerprint density at radius 2 is 1.68 bits per heavy atom. The second kappa shape index (κ2) is 8.29. The molecule has 0 aliphatic carbocycles. The Hall–Kier alpha value is -1.40. The third kappa shape index (κ3) is 4.55. The second-order valence-corrected chi connectivity index (χ2v) is 7.23. The molecule has 0 aliphatic rings. The Kier molecular flexibility index (Phi) is 7.03. The summed E-state index contributed by atoms with van der Waals surface area (Å²) >= 11 is 0. The summed E-state index contributed by atoms with van der Waals surface area (Å²) in [6, 6.07) is 6.33. The standard InChI is InChI=1S/C16H26N2O3S/c1-5-8-13(4)16(19)17-14-9-11-15(12-10-14)22(20,21)18(6-2)7-3/h9-13H,5-8H2,1-4H3,(H,17,19). The van der Waals surface area contributed by atoms with E-state index in [1.54, 1.807) is 12.1 Å². The summed E-state index contributed by atoms with van der Waals surface area (Å²) in [5.41, 5.74) is 0.617. The van der Waals surface area contributed by atoms with Gasteiger partial charge < -0.3 is 5.32 Å². The van der Waals surface area contributed by atoms with Crippen molar-refractivity contribution in [1.29, 1.82) is 0 Å². The highest BCUT2D eigenvalue weighted by Gasteiger charge is 2.21. The van der Waals surface area contributed by atoms with Crippen LogP contribution in [0.3, 0.4) is 0 Å². The first-order valence-electron chi connectivity index (χ1n) is 7.77. The fraction of sp³-hybridized carbons (Fsp3) is 0.562. The molecule has 1 unspecified atom stereocenters. The maximum atomic E-state index is 12.4. The molecule has 1 amide bonds. The van der Waals surface area contributed by atoms with Gasteiger partial charge in [-0.3, -0.25) is 4.79 Å². The van der Waals surface area contributed by atoms with Crippen molar-refractivity contribution in [2.45, 2.75) is 45.4 Å². The van der Waals surface area contributed by atoms with Crippen LogP contribution in [-0.4, -0.2) is 31.7 Å². The van der Waals surface area contributed by atoms with Crippen molar-refractivity contribution in [3.8, 4) is 0 Å². The van der Waals surface area contributed by atoms with E-state index in [-0.39, 0.29) is 16.7 Å². The Morgan fingerprint density at radius 1 is 1.14 bits per heavy atom. The van der Waals surface area contributed by atoms with Crippen LogP contribution in [0.1, 0.15) is 40.5 Å². The van der Waals surface area contributed by atoms with Crippen LogP contribution in [0.4, 0.5) is 5.69 Å². The van der Waals surface area contributed by atoms with Crippen LogP contribution in [-0.2, 0) is 14.8 Å². The molecule has 0 aromatic heterocycles. The summed E-state index contributed by atoms with van der Waals surface area (Å²) in [6.07, 6.45) is 1.79. The zero-order chi connectivity index (χ0) is 16.8. The number of anilines is 1. The monoisotopic (exact) mass is 326 g/mol. The van der Waals surface area contributed by atoms with E-state index in [2.05, 4.69) is 5.32 Å². The normalized spacial score (nSPS) is 13.1. The van der Waals surface area contributed by atoms with Crippen LogP contribution in [0.2, 0.25) is 0 Å². The molecule has 22 heavy (non-hydrogen) atoms. The number of hydrogen-bond donors (Lipinski definition) is 1. The van der Waals surface area contributed by atoms with Gasteiger partial charge in [-0.2, -0.15) is 4.31 Å². The Morgan fingerprint density at radius 3 is 2.14 bits per heavy atom. The average Bonchev–Trinajstić information content (AvgIpc) is 2.49. The van der Waals surface area contributed by atoms with Crippen LogP contribution in [0.25, 0.3) is 0 Å². The summed E-state index contributed by atoms with van der Waals surface area (Å²) in [5.74, 6) is -0.0923. The van der Waals surface area contributed by atoms with Gasteiger partial charge in [-0.25, -0.2) is 8.42 Å². The average molecular weight is 326 g/mol. The quantitative estimate of drug-likeness (QED) is 0.798. The molecular weight excluding hydrogens is 300 g/mol. The molecule has 6 heteroatoms. The van der Waals surface area contributed by atoms with E-state index in [9.17, 15) is 13.2 Å². The van der Waals surface area contributed by atoms with E-state index in [0.29, 0.717) is 18.8 Å². The number of nitrogens with zero attached hydrogens (tertiary/aromatic N) is 1. The summed E-state index contributed by atoms with van der Waals surface area (Å²) in [7, 11) is -3.45. The molecule has 0 spiro atoms. The SMILES string of the molecule is CCCC(C)C(=O)Nc1ccc(S(=O)(=O)N(CC)CC)cc1. The summed E-state index contributed by atoms with van der Waals surface area (Å²) in [5, 5.41) is 2.81. The molecule has 0 aliphatic heterocycles. The molecule has 1 atom stereocenters. The van der Waals surface area contributed by atoms with Gasteiger partial charge in [-0.05, 0) is 30.7 Å². The Balaban J connectivity index is 2.85. The number of carbonyl (C=O) groups is 1. The van der Waals surface area contributed by atoms with Gasteiger partial charge in [0.2, 0.25) is 15.9 Å². The lowest BCUT2D eigenvalue weighted by atomic mass is 10.1. The largest absolute Gasteiger partial charge is 0.326 e. The van der Waals surface area contributed by atoms with Crippen molar-refractivity contribution in [3.63, 3.8) is 0 Å². The van der Waals surface area contributed by atoms with Gasteiger partial charge in [0.25, 0.3) is 0 Å². The molecule has 0 radical (unpaired) electrons. The molecule has 124 valence electrons. The minimum absolute atomic E-state index is 0.0406. The highest BCUT2D eigenvalue weighted by atomic mass is 32.2. The van der Waals surface area contributed by atoms with Crippen LogP contribution in [0, 0.1) is 5.92 Å². The lowest BCUT2D eigenvalue weighted by Gasteiger charge is -2.18. The minimum atomic E-state index is -3.45. The van der Waals surface area contributed by atoms with Crippen LogP contribution in [0.5, 0.6) is 0 Å². The van der Waals surface area contributed by atoms with Gasteiger partial charge in [-0.15, -0.1) is 0 Å². The first-order chi connectivity index (χ1) is 10.4. The fourth-order valence-corrected chi connectivity index (χ4v) is 3.71. The lowest BCUT2D eigenvalue weighted by Crippen LogP contribution is -2.30. The van der Waals surface area contributed by atoms with Crippen molar-refractivity contribution >= 4 is 21.6 Å².